The zero-order valence-electron chi connectivity index (χ0n) is 10.5. The summed E-state index contributed by atoms with van der Waals surface area (Å²) >= 11 is 0. The molecule has 1 aromatic rings. The predicted molar refractivity (Wildman–Crippen MR) is 67.8 cm³/mol. The summed E-state index contributed by atoms with van der Waals surface area (Å²) in [5.41, 5.74) is 0.522. The standard InChI is InChI=1S/C14H15NO3/c1-15(2)7-6-12(16)11-4-5-13-14(10-11)18-9-3-8-17-13/h4-5,10H,3,8-9H2,1-2H3. The molecule has 0 unspecified atom stereocenters. The Hall–Kier alpha value is -2.15. The summed E-state index contributed by atoms with van der Waals surface area (Å²) in [5, 5.41) is 0. The van der Waals surface area contributed by atoms with E-state index < -0.39 is 0 Å². The topological polar surface area (TPSA) is 38.8 Å². The Morgan fingerprint density at radius 2 is 1.94 bits per heavy atom. The average molecular weight is 245 g/mol. The van der Waals surface area contributed by atoms with E-state index in [0.717, 1.165) is 6.42 Å². The number of ketones is 1. The van der Waals surface area contributed by atoms with E-state index in [2.05, 4.69) is 12.0 Å². The molecule has 1 aromatic carbocycles. The van der Waals surface area contributed by atoms with Crippen molar-refractivity contribution in [3.63, 3.8) is 0 Å². The van der Waals surface area contributed by atoms with Gasteiger partial charge in [-0.15, -0.1) is 0 Å². The molecule has 1 aliphatic heterocycles. The monoisotopic (exact) mass is 245 g/mol. The van der Waals surface area contributed by atoms with Crippen LogP contribution in [0, 0.1) is 12.0 Å². The summed E-state index contributed by atoms with van der Waals surface area (Å²) < 4.78 is 11.0. The first kappa shape index (κ1) is 12.3. The molecule has 4 heteroatoms. The summed E-state index contributed by atoms with van der Waals surface area (Å²) in [7, 11) is 3.57. The van der Waals surface area contributed by atoms with Gasteiger partial charge in [0, 0.05) is 32.1 Å². The minimum Gasteiger partial charge on any atom is -0.490 e. The molecule has 0 amide bonds. The van der Waals surface area contributed by atoms with E-state index in [9.17, 15) is 4.79 Å². The Labute approximate surface area is 106 Å². The lowest BCUT2D eigenvalue weighted by Crippen LogP contribution is -2.04. The molecule has 0 saturated heterocycles. The van der Waals surface area contributed by atoms with E-state index in [1.165, 1.54) is 0 Å². The third-order valence-electron chi connectivity index (χ3n) is 2.40. The number of fused-ring (bicyclic) bond motifs is 1. The van der Waals surface area contributed by atoms with Crippen molar-refractivity contribution in [3.05, 3.63) is 23.8 Å². The number of benzene rings is 1. The van der Waals surface area contributed by atoms with Gasteiger partial charge in [-0.3, -0.25) is 4.79 Å². The Morgan fingerprint density at radius 1 is 1.22 bits per heavy atom. The molecule has 0 N–H and O–H groups in total. The maximum atomic E-state index is 11.8. The molecule has 0 radical (unpaired) electrons. The van der Waals surface area contributed by atoms with Crippen molar-refractivity contribution in [3.8, 4) is 23.5 Å². The average Bonchev–Trinajstić information content (AvgIpc) is 2.60. The van der Waals surface area contributed by atoms with Crippen LogP contribution in [0.4, 0.5) is 0 Å². The second-order valence-corrected chi connectivity index (χ2v) is 4.17. The van der Waals surface area contributed by atoms with Crippen LogP contribution in [0.3, 0.4) is 0 Å². The second-order valence-electron chi connectivity index (χ2n) is 4.17. The van der Waals surface area contributed by atoms with Crippen LogP contribution in [0.1, 0.15) is 16.8 Å². The molecule has 1 aliphatic rings. The summed E-state index contributed by atoms with van der Waals surface area (Å²) in [4.78, 5) is 13.5. The van der Waals surface area contributed by atoms with Gasteiger partial charge in [-0.2, -0.15) is 0 Å². The van der Waals surface area contributed by atoms with Crippen LogP contribution in [-0.2, 0) is 0 Å². The smallest absolute Gasteiger partial charge is 0.237 e. The van der Waals surface area contributed by atoms with E-state index >= 15 is 0 Å². The minimum atomic E-state index is -0.223. The number of ether oxygens (including phenoxy) is 2. The molecule has 0 fully saturated rings. The van der Waals surface area contributed by atoms with Crippen molar-refractivity contribution >= 4 is 5.78 Å². The highest BCUT2D eigenvalue weighted by molar-refractivity contribution is 6.09. The Balaban J connectivity index is 2.23. The molecule has 0 aliphatic carbocycles. The predicted octanol–water partition coefficient (Wildman–Crippen LogP) is 1.55. The van der Waals surface area contributed by atoms with Crippen molar-refractivity contribution in [2.75, 3.05) is 27.3 Å². The molecule has 1 heterocycles. The lowest BCUT2D eigenvalue weighted by Gasteiger charge is -2.07. The third kappa shape index (κ3) is 2.95. The minimum absolute atomic E-state index is 0.223. The first-order chi connectivity index (χ1) is 8.66. The largest absolute Gasteiger partial charge is 0.490 e. The Bertz CT molecular complexity index is 512. The highest BCUT2D eigenvalue weighted by Crippen LogP contribution is 2.30. The van der Waals surface area contributed by atoms with Crippen molar-refractivity contribution in [1.29, 1.82) is 0 Å². The second kappa shape index (κ2) is 5.46. The maximum absolute atomic E-state index is 11.8. The molecule has 4 nitrogen and oxygen atoms in total. The zero-order chi connectivity index (χ0) is 13.0. The van der Waals surface area contributed by atoms with Gasteiger partial charge in [0.1, 0.15) is 0 Å². The van der Waals surface area contributed by atoms with Gasteiger partial charge in [-0.1, -0.05) is 0 Å². The van der Waals surface area contributed by atoms with Crippen molar-refractivity contribution < 1.29 is 14.3 Å². The third-order valence-corrected chi connectivity index (χ3v) is 2.40. The van der Waals surface area contributed by atoms with Gasteiger partial charge in [0.2, 0.25) is 5.78 Å². The van der Waals surface area contributed by atoms with E-state index in [1.807, 2.05) is 0 Å². The van der Waals surface area contributed by atoms with Crippen LogP contribution in [0.25, 0.3) is 0 Å². The van der Waals surface area contributed by atoms with Crippen LogP contribution in [0.15, 0.2) is 18.2 Å². The number of Topliss-reactive ketones (excluding diaryl/α,β-unsaturated/α-hetero) is 1. The molecule has 0 spiro atoms. The van der Waals surface area contributed by atoms with Crippen molar-refractivity contribution in [2.45, 2.75) is 6.42 Å². The number of hydrogen-bond donors (Lipinski definition) is 0. The first-order valence-electron chi connectivity index (χ1n) is 5.80. The number of carbonyl (C=O) groups excluding carboxylic acids is 1. The molecular weight excluding hydrogens is 230 g/mol. The first-order valence-corrected chi connectivity index (χ1v) is 5.80. The number of rotatable bonds is 1. The van der Waals surface area contributed by atoms with Crippen LogP contribution in [0.5, 0.6) is 11.5 Å². The quantitative estimate of drug-likeness (QED) is 0.427. The van der Waals surface area contributed by atoms with E-state index in [-0.39, 0.29) is 5.78 Å². The van der Waals surface area contributed by atoms with Gasteiger partial charge in [0.25, 0.3) is 0 Å². The van der Waals surface area contributed by atoms with E-state index in [0.29, 0.717) is 30.3 Å². The van der Waals surface area contributed by atoms with E-state index in [1.54, 1.807) is 37.2 Å². The molecule has 0 saturated carbocycles. The van der Waals surface area contributed by atoms with Crippen LogP contribution < -0.4 is 9.47 Å². The fourth-order valence-electron chi connectivity index (χ4n) is 1.54. The van der Waals surface area contributed by atoms with Gasteiger partial charge >= 0.3 is 0 Å². The van der Waals surface area contributed by atoms with Gasteiger partial charge in [0.15, 0.2) is 11.5 Å². The van der Waals surface area contributed by atoms with Crippen LogP contribution in [0.2, 0.25) is 0 Å². The molecule has 94 valence electrons. The molecule has 2 rings (SSSR count). The fraction of sp³-hybridized carbons (Fsp3) is 0.357. The lowest BCUT2D eigenvalue weighted by molar-refractivity contribution is 0.105. The highest BCUT2D eigenvalue weighted by atomic mass is 16.5. The molecular formula is C14H15NO3. The summed E-state index contributed by atoms with van der Waals surface area (Å²) in [5.74, 6) is 3.64. The molecule has 0 bridgehead atoms. The van der Waals surface area contributed by atoms with Gasteiger partial charge in [0.05, 0.1) is 13.2 Å². The zero-order valence-corrected chi connectivity index (χ0v) is 10.5. The van der Waals surface area contributed by atoms with Gasteiger partial charge < -0.3 is 14.4 Å². The summed E-state index contributed by atoms with van der Waals surface area (Å²) in [6.07, 6.45) is 0.846. The van der Waals surface area contributed by atoms with Crippen molar-refractivity contribution in [2.24, 2.45) is 0 Å². The number of hydrogen-bond acceptors (Lipinski definition) is 4. The van der Waals surface area contributed by atoms with Crippen LogP contribution in [-0.4, -0.2) is 38.0 Å². The van der Waals surface area contributed by atoms with Crippen LogP contribution >= 0.6 is 0 Å². The lowest BCUT2D eigenvalue weighted by atomic mass is 10.1. The van der Waals surface area contributed by atoms with Gasteiger partial charge in [-0.25, -0.2) is 0 Å². The Kier molecular flexibility index (Phi) is 3.73. The number of carbonyl (C=O) groups is 1. The molecule has 0 atom stereocenters. The summed E-state index contributed by atoms with van der Waals surface area (Å²) in [6, 6.07) is 7.85. The van der Waals surface area contributed by atoms with E-state index in [4.69, 9.17) is 9.47 Å². The van der Waals surface area contributed by atoms with Gasteiger partial charge in [-0.05, 0) is 24.1 Å². The highest BCUT2D eigenvalue weighted by Gasteiger charge is 2.12. The fourth-order valence-corrected chi connectivity index (χ4v) is 1.54. The normalized spacial score (nSPS) is 13.0. The maximum Gasteiger partial charge on any atom is 0.237 e. The molecule has 0 aromatic heterocycles. The SMILES string of the molecule is CN(C)C#CC(=O)c1ccc2c(c1)OCCCO2. The molecule has 18 heavy (non-hydrogen) atoms. The summed E-state index contributed by atoms with van der Waals surface area (Å²) in [6.45, 7) is 1.24. The van der Waals surface area contributed by atoms with Crippen molar-refractivity contribution in [1.82, 2.24) is 4.90 Å². The number of nitrogens with zero attached hydrogens (tertiary/aromatic N) is 1. The Morgan fingerprint density at radius 3 is 2.67 bits per heavy atom.